The van der Waals surface area contributed by atoms with E-state index in [1.165, 1.54) is 13.8 Å². The number of ether oxygens (including phenoxy) is 1. The third kappa shape index (κ3) is 5.71. The van der Waals surface area contributed by atoms with Crippen LogP contribution < -0.4 is 5.32 Å². The molecule has 1 aliphatic heterocycles. The predicted octanol–water partition coefficient (Wildman–Crippen LogP) is 4.69. The van der Waals surface area contributed by atoms with Crippen molar-refractivity contribution in [1.29, 1.82) is 0 Å². The third-order valence-corrected chi connectivity index (χ3v) is 8.00. The van der Waals surface area contributed by atoms with Gasteiger partial charge in [0.25, 0.3) is 0 Å². The van der Waals surface area contributed by atoms with Gasteiger partial charge in [-0.1, -0.05) is 36.4 Å². The topological polar surface area (TPSA) is 127 Å². The Morgan fingerprint density at radius 2 is 1.35 bits per heavy atom. The first-order valence-electron chi connectivity index (χ1n) is 14.3. The summed E-state index contributed by atoms with van der Waals surface area (Å²) in [5.41, 5.74) is 1.21. The van der Waals surface area contributed by atoms with Crippen molar-refractivity contribution in [2.75, 3.05) is 19.6 Å². The van der Waals surface area contributed by atoms with E-state index in [0.29, 0.717) is 31.6 Å². The summed E-state index contributed by atoms with van der Waals surface area (Å²) in [4.78, 5) is 80.1. The average Bonchev–Trinajstić information content (AvgIpc) is 2.93. The van der Waals surface area contributed by atoms with Crippen LogP contribution in [-0.2, 0) is 16.0 Å². The molecule has 1 N–H and O–H groups in total. The Labute approximate surface area is 250 Å². The summed E-state index contributed by atoms with van der Waals surface area (Å²) in [6.45, 7) is 9.88. The SMILES string of the molecule is CC1=C(C2=C(C)C(=O)c3ccc(CCC(=O)N4CC(CNC(=O)OC(C)(C)C)C4)cc3C2=O)C(=O)c2ccccc2C1=O. The minimum Gasteiger partial charge on any atom is -0.444 e. The van der Waals surface area contributed by atoms with Crippen molar-refractivity contribution in [1.82, 2.24) is 10.2 Å². The van der Waals surface area contributed by atoms with Crippen LogP contribution in [0.1, 0.15) is 88.0 Å². The second-order valence-corrected chi connectivity index (χ2v) is 12.3. The molecule has 1 fully saturated rings. The van der Waals surface area contributed by atoms with Gasteiger partial charge in [0.15, 0.2) is 23.1 Å². The summed E-state index contributed by atoms with van der Waals surface area (Å²) >= 11 is 0. The Morgan fingerprint density at radius 3 is 1.93 bits per heavy atom. The van der Waals surface area contributed by atoms with Crippen LogP contribution in [0.15, 0.2) is 64.8 Å². The lowest BCUT2D eigenvalue weighted by atomic mass is 9.74. The molecule has 0 radical (unpaired) electrons. The number of benzene rings is 2. The zero-order chi connectivity index (χ0) is 31.2. The molecule has 1 saturated heterocycles. The minimum atomic E-state index is -0.578. The van der Waals surface area contributed by atoms with E-state index in [1.54, 1.807) is 68.1 Å². The van der Waals surface area contributed by atoms with Gasteiger partial charge in [-0.05, 0) is 52.7 Å². The Hall–Kier alpha value is -4.66. The molecule has 2 amide bonds. The molecule has 5 rings (SSSR count). The molecule has 3 aliphatic rings. The van der Waals surface area contributed by atoms with Crippen molar-refractivity contribution in [2.24, 2.45) is 5.92 Å². The molecule has 1 heterocycles. The van der Waals surface area contributed by atoms with Crippen molar-refractivity contribution in [3.63, 3.8) is 0 Å². The van der Waals surface area contributed by atoms with Crippen molar-refractivity contribution in [3.05, 3.63) is 92.6 Å². The van der Waals surface area contributed by atoms with E-state index in [2.05, 4.69) is 5.32 Å². The molecule has 43 heavy (non-hydrogen) atoms. The number of rotatable bonds is 6. The fourth-order valence-corrected chi connectivity index (χ4v) is 5.71. The van der Waals surface area contributed by atoms with Gasteiger partial charge < -0.3 is 15.0 Å². The van der Waals surface area contributed by atoms with Crippen LogP contribution in [0.3, 0.4) is 0 Å². The smallest absolute Gasteiger partial charge is 0.407 e. The minimum absolute atomic E-state index is 0.0284. The number of fused-ring (bicyclic) bond motifs is 2. The van der Waals surface area contributed by atoms with Crippen LogP contribution in [0.25, 0.3) is 0 Å². The maximum absolute atomic E-state index is 13.8. The van der Waals surface area contributed by atoms with E-state index < -0.39 is 23.3 Å². The summed E-state index contributed by atoms with van der Waals surface area (Å²) in [6.07, 6.45) is 0.0832. The van der Waals surface area contributed by atoms with Gasteiger partial charge in [0, 0.05) is 76.5 Å². The first-order chi connectivity index (χ1) is 20.3. The summed E-state index contributed by atoms with van der Waals surface area (Å²) < 4.78 is 5.24. The maximum atomic E-state index is 13.8. The Balaban J connectivity index is 1.26. The van der Waals surface area contributed by atoms with Crippen LogP contribution in [0.2, 0.25) is 0 Å². The number of ketones is 4. The zero-order valence-electron chi connectivity index (χ0n) is 25.0. The highest BCUT2D eigenvalue weighted by atomic mass is 16.6. The first kappa shape index (κ1) is 29.8. The normalized spacial score (nSPS) is 17.1. The molecule has 2 aromatic rings. The molecule has 0 aromatic heterocycles. The Kier molecular flexibility index (Phi) is 7.77. The number of amides is 2. The fraction of sp³-hybridized carbons (Fsp3) is 0.353. The molecule has 0 bridgehead atoms. The highest BCUT2D eigenvalue weighted by Gasteiger charge is 2.39. The predicted molar refractivity (Wildman–Crippen MR) is 158 cm³/mol. The lowest BCUT2D eigenvalue weighted by Crippen LogP contribution is -2.54. The van der Waals surface area contributed by atoms with Crippen molar-refractivity contribution in [2.45, 2.75) is 53.1 Å². The van der Waals surface area contributed by atoms with Crippen LogP contribution in [0.5, 0.6) is 0 Å². The Bertz CT molecular complexity index is 1670. The number of aryl methyl sites for hydroxylation is 1. The number of allylic oxidation sites excluding steroid dienone is 4. The molecule has 2 aromatic carbocycles. The molecular weight excluding hydrogens is 548 g/mol. The standard InChI is InChI=1S/C34H34N2O7/c1-18-27(31(40)23-9-7-6-8-22(23)29(18)38)28-19(2)30(39)24-12-10-20(14-25(24)32(28)41)11-13-26(37)36-16-21(17-36)15-35-33(42)43-34(3,4)5/h6-10,12,14,21H,11,13,15-17H2,1-5H3,(H,35,42). The first-order valence-corrected chi connectivity index (χ1v) is 14.3. The number of alkyl carbamates (subject to hydrolysis) is 1. The summed E-state index contributed by atoms with van der Waals surface area (Å²) in [6, 6.07) is 11.4. The molecule has 0 saturated carbocycles. The van der Waals surface area contributed by atoms with E-state index in [-0.39, 0.29) is 74.4 Å². The van der Waals surface area contributed by atoms with Crippen molar-refractivity contribution < 1.29 is 33.5 Å². The largest absolute Gasteiger partial charge is 0.444 e. The van der Waals surface area contributed by atoms with Gasteiger partial charge >= 0.3 is 6.09 Å². The monoisotopic (exact) mass is 582 g/mol. The lowest BCUT2D eigenvalue weighted by molar-refractivity contribution is -0.137. The van der Waals surface area contributed by atoms with Crippen LogP contribution in [0.4, 0.5) is 4.79 Å². The zero-order valence-corrected chi connectivity index (χ0v) is 25.0. The molecule has 0 atom stereocenters. The highest BCUT2D eigenvalue weighted by Crippen LogP contribution is 2.37. The second-order valence-electron chi connectivity index (χ2n) is 12.3. The number of carbonyl (C=O) groups excluding carboxylic acids is 6. The third-order valence-electron chi connectivity index (χ3n) is 8.00. The van der Waals surface area contributed by atoms with E-state index >= 15 is 0 Å². The molecule has 2 aliphatic carbocycles. The second kappa shape index (κ2) is 11.2. The number of hydrogen-bond acceptors (Lipinski definition) is 7. The van der Waals surface area contributed by atoms with Gasteiger partial charge in [0.1, 0.15) is 5.60 Å². The number of nitrogens with zero attached hydrogens (tertiary/aromatic N) is 1. The maximum Gasteiger partial charge on any atom is 0.407 e. The lowest BCUT2D eigenvalue weighted by Gasteiger charge is -2.39. The Morgan fingerprint density at radius 1 is 0.814 bits per heavy atom. The molecule has 9 nitrogen and oxygen atoms in total. The van der Waals surface area contributed by atoms with Crippen LogP contribution in [0, 0.1) is 5.92 Å². The number of likely N-dealkylation sites (tertiary alicyclic amines) is 1. The number of hydrogen-bond donors (Lipinski definition) is 1. The average molecular weight is 583 g/mol. The van der Waals surface area contributed by atoms with Gasteiger partial charge in [-0.2, -0.15) is 0 Å². The summed E-state index contributed by atoms with van der Waals surface area (Å²) in [5, 5.41) is 2.73. The van der Waals surface area contributed by atoms with Gasteiger partial charge in [0.05, 0.1) is 0 Å². The quantitative estimate of drug-likeness (QED) is 0.523. The van der Waals surface area contributed by atoms with Crippen molar-refractivity contribution >= 4 is 35.1 Å². The fourth-order valence-electron chi connectivity index (χ4n) is 5.71. The highest BCUT2D eigenvalue weighted by molar-refractivity contribution is 6.36. The van der Waals surface area contributed by atoms with Crippen LogP contribution >= 0.6 is 0 Å². The molecule has 0 unspecified atom stereocenters. The summed E-state index contributed by atoms with van der Waals surface area (Å²) in [7, 11) is 0. The number of carbonyl (C=O) groups is 6. The van der Waals surface area contributed by atoms with E-state index in [0.717, 1.165) is 0 Å². The molecule has 9 heteroatoms. The van der Waals surface area contributed by atoms with Gasteiger partial charge in [-0.25, -0.2) is 4.79 Å². The van der Waals surface area contributed by atoms with E-state index in [9.17, 15) is 28.8 Å². The van der Waals surface area contributed by atoms with E-state index in [4.69, 9.17) is 4.74 Å². The van der Waals surface area contributed by atoms with Gasteiger partial charge in [-0.3, -0.25) is 24.0 Å². The number of nitrogens with one attached hydrogen (secondary N) is 1. The number of Topliss-reactive ketones (excluding diaryl/α,β-unsaturated/α-hetero) is 4. The molecular formula is C34H34N2O7. The van der Waals surface area contributed by atoms with Crippen molar-refractivity contribution in [3.8, 4) is 0 Å². The van der Waals surface area contributed by atoms with Crippen LogP contribution in [-0.4, -0.2) is 65.3 Å². The summed E-state index contributed by atoms with van der Waals surface area (Å²) in [5.74, 6) is -1.57. The molecule has 222 valence electrons. The van der Waals surface area contributed by atoms with E-state index in [1.807, 2.05) is 0 Å². The molecule has 0 spiro atoms. The van der Waals surface area contributed by atoms with Gasteiger partial charge in [-0.15, -0.1) is 0 Å². The van der Waals surface area contributed by atoms with Gasteiger partial charge in [0.2, 0.25) is 5.91 Å².